The van der Waals surface area contributed by atoms with Crippen LogP contribution < -0.4 is 0 Å². The van der Waals surface area contributed by atoms with Crippen molar-refractivity contribution < 1.29 is 0 Å². The van der Waals surface area contributed by atoms with Gasteiger partial charge in [0.2, 0.25) is 0 Å². The smallest absolute Gasteiger partial charge is 0.0136 e. The van der Waals surface area contributed by atoms with Gasteiger partial charge in [-0.2, -0.15) is 0 Å². The molecule has 0 heterocycles. The molecule has 3 aliphatic rings. The second kappa shape index (κ2) is 2.90. The minimum Gasteiger partial charge on any atom is -0.0850 e. The van der Waals surface area contributed by atoms with Gasteiger partial charge in [0.25, 0.3) is 0 Å². The van der Waals surface area contributed by atoms with Crippen LogP contribution in [0.5, 0.6) is 0 Å². The van der Waals surface area contributed by atoms with Gasteiger partial charge in [-0.1, -0.05) is 38.8 Å². The lowest BCUT2D eigenvalue weighted by molar-refractivity contribution is 0.246. The Hall–Kier alpha value is -0.260. The molecule has 3 aliphatic carbocycles. The van der Waals surface area contributed by atoms with Crippen molar-refractivity contribution in [3.8, 4) is 0 Å². The molecule has 0 saturated heterocycles. The average molecular weight is 204 g/mol. The van der Waals surface area contributed by atoms with E-state index in [4.69, 9.17) is 0 Å². The van der Waals surface area contributed by atoms with Crippen molar-refractivity contribution in [1.29, 1.82) is 0 Å². The Balaban J connectivity index is 1.93. The van der Waals surface area contributed by atoms with Crippen LogP contribution in [0, 0.1) is 35.0 Å². The van der Waals surface area contributed by atoms with Crippen molar-refractivity contribution in [3.63, 3.8) is 0 Å². The van der Waals surface area contributed by atoms with Gasteiger partial charge in [-0.05, 0) is 54.8 Å². The van der Waals surface area contributed by atoms with E-state index in [-0.39, 0.29) is 0 Å². The number of hydrogen-bond acceptors (Lipinski definition) is 0. The Morgan fingerprint density at radius 2 is 2.00 bits per heavy atom. The van der Waals surface area contributed by atoms with Gasteiger partial charge in [0.15, 0.2) is 0 Å². The van der Waals surface area contributed by atoms with E-state index < -0.39 is 0 Å². The Morgan fingerprint density at radius 3 is 2.73 bits per heavy atom. The summed E-state index contributed by atoms with van der Waals surface area (Å²) in [5.41, 5.74) is 2.37. The maximum absolute atomic E-state index is 2.53. The minimum absolute atomic E-state index is 0.655. The summed E-state index contributed by atoms with van der Waals surface area (Å²) in [4.78, 5) is 0. The van der Waals surface area contributed by atoms with Crippen molar-refractivity contribution in [2.24, 2.45) is 35.0 Å². The Bertz CT molecular complexity index is 310. The highest BCUT2D eigenvalue weighted by Crippen LogP contribution is 2.69. The van der Waals surface area contributed by atoms with E-state index in [0.29, 0.717) is 5.41 Å². The maximum Gasteiger partial charge on any atom is -0.0136 e. The van der Waals surface area contributed by atoms with Crippen LogP contribution in [0.2, 0.25) is 0 Å². The molecule has 0 unspecified atom stereocenters. The molecule has 0 radical (unpaired) electrons. The van der Waals surface area contributed by atoms with E-state index in [1.807, 2.05) is 0 Å². The summed E-state index contributed by atoms with van der Waals surface area (Å²) >= 11 is 0. The monoisotopic (exact) mass is 204 g/mol. The molecule has 0 aromatic rings. The maximum atomic E-state index is 2.53. The fraction of sp³-hybridized carbons (Fsp3) is 0.867. The summed E-state index contributed by atoms with van der Waals surface area (Å²) < 4.78 is 0. The minimum atomic E-state index is 0.655. The molecule has 5 atom stereocenters. The van der Waals surface area contributed by atoms with E-state index in [9.17, 15) is 0 Å². The summed E-state index contributed by atoms with van der Waals surface area (Å²) in [6, 6.07) is 0. The van der Waals surface area contributed by atoms with Gasteiger partial charge in [-0.25, -0.2) is 0 Å². The summed E-state index contributed by atoms with van der Waals surface area (Å²) in [5.74, 6) is 4.96. The predicted octanol–water partition coefficient (Wildman–Crippen LogP) is 4.27. The zero-order valence-corrected chi connectivity index (χ0v) is 10.6. The van der Waals surface area contributed by atoms with Gasteiger partial charge in [0, 0.05) is 0 Å². The highest BCUT2D eigenvalue weighted by Gasteiger charge is 2.63. The summed E-state index contributed by atoms with van der Waals surface area (Å²) in [7, 11) is 0. The van der Waals surface area contributed by atoms with E-state index >= 15 is 0 Å². The highest BCUT2D eigenvalue weighted by molar-refractivity contribution is 5.23. The Labute approximate surface area is 94.1 Å². The van der Waals surface area contributed by atoms with Crippen LogP contribution in [0.25, 0.3) is 0 Å². The van der Waals surface area contributed by atoms with Gasteiger partial charge in [-0.3, -0.25) is 0 Å². The van der Waals surface area contributed by atoms with E-state index in [2.05, 4.69) is 33.8 Å². The molecule has 2 fully saturated rings. The first kappa shape index (κ1) is 9.93. The molecule has 0 bridgehead atoms. The normalized spacial score (nSPS) is 51.5. The highest BCUT2D eigenvalue weighted by atomic mass is 14.7. The summed E-state index contributed by atoms with van der Waals surface area (Å²) in [6.07, 6.45) is 6.88. The molecule has 0 aliphatic heterocycles. The molecule has 0 heteroatoms. The Morgan fingerprint density at radius 1 is 1.27 bits per heavy atom. The molecule has 0 nitrogen and oxygen atoms in total. The van der Waals surface area contributed by atoms with Crippen molar-refractivity contribution >= 4 is 0 Å². The van der Waals surface area contributed by atoms with Gasteiger partial charge < -0.3 is 0 Å². The molecule has 0 N–H and O–H groups in total. The second-order valence-corrected chi connectivity index (χ2v) is 6.88. The standard InChI is InChI=1S/C15H24/c1-9-6-8-12-14(15(12,3)4)13-10(2)5-7-11(9)13/h5,9,11-14H,6-8H2,1-4H3/t9-,11-,12-,13+,14-/m1/s1. The molecule has 15 heavy (non-hydrogen) atoms. The van der Waals surface area contributed by atoms with E-state index in [1.165, 1.54) is 19.3 Å². The zero-order chi connectivity index (χ0) is 10.8. The fourth-order valence-corrected chi connectivity index (χ4v) is 4.79. The fourth-order valence-electron chi connectivity index (χ4n) is 4.79. The molecule has 3 rings (SSSR count). The van der Waals surface area contributed by atoms with Crippen molar-refractivity contribution in [3.05, 3.63) is 11.6 Å². The molecule has 0 aromatic heterocycles. The molecule has 84 valence electrons. The van der Waals surface area contributed by atoms with Crippen LogP contribution >= 0.6 is 0 Å². The van der Waals surface area contributed by atoms with Crippen LogP contribution in [0.15, 0.2) is 11.6 Å². The van der Waals surface area contributed by atoms with Crippen LogP contribution in [-0.2, 0) is 0 Å². The molecule has 2 saturated carbocycles. The predicted molar refractivity (Wildman–Crippen MR) is 64.5 cm³/mol. The molecular weight excluding hydrogens is 180 g/mol. The molecule has 0 aromatic carbocycles. The molecular formula is C15H24. The zero-order valence-electron chi connectivity index (χ0n) is 10.6. The van der Waals surface area contributed by atoms with Crippen molar-refractivity contribution in [2.75, 3.05) is 0 Å². The third-order valence-electron chi connectivity index (χ3n) is 5.89. The largest absolute Gasteiger partial charge is 0.0850 e. The quantitative estimate of drug-likeness (QED) is 0.517. The van der Waals surface area contributed by atoms with Crippen LogP contribution in [-0.4, -0.2) is 0 Å². The lowest BCUT2D eigenvalue weighted by atomic mass is 9.77. The van der Waals surface area contributed by atoms with E-state index in [1.54, 1.807) is 5.57 Å². The number of hydrogen-bond donors (Lipinski definition) is 0. The van der Waals surface area contributed by atoms with Gasteiger partial charge in [0.05, 0.1) is 0 Å². The van der Waals surface area contributed by atoms with Crippen LogP contribution in [0.4, 0.5) is 0 Å². The lowest BCUT2D eigenvalue weighted by Crippen LogP contribution is -2.21. The third-order valence-corrected chi connectivity index (χ3v) is 5.89. The first-order chi connectivity index (χ1) is 7.03. The first-order valence-electron chi connectivity index (χ1n) is 6.70. The van der Waals surface area contributed by atoms with Crippen molar-refractivity contribution in [1.82, 2.24) is 0 Å². The lowest BCUT2D eigenvalue weighted by Gasteiger charge is -2.27. The Kier molecular flexibility index (Phi) is 1.92. The van der Waals surface area contributed by atoms with Gasteiger partial charge in [-0.15, -0.1) is 0 Å². The van der Waals surface area contributed by atoms with Gasteiger partial charge >= 0.3 is 0 Å². The number of fused-ring (bicyclic) bond motifs is 3. The SMILES string of the molecule is CC1=CC[C@H]2[C@H]1[C@H]1[C@@H](CC[C@H]2C)C1(C)C. The first-order valence-corrected chi connectivity index (χ1v) is 6.70. The van der Waals surface area contributed by atoms with E-state index in [0.717, 1.165) is 29.6 Å². The summed E-state index contributed by atoms with van der Waals surface area (Å²) in [6.45, 7) is 9.87. The topological polar surface area (TPSA) is 0 Å². The van der Waals surface area contributed by atoms with Crippen LogP contribution in [0.1, 0.15) is 47.0 Å². The molecule has 0 amide bonds. The second-order valence-electron chi connectivity index (χ2n) is 6.88. The van der Waals surface area contributed by atoms with Gasteiger partial charge in [0.1, 0.15) is 0 Å². The summed E-state index contributed by atoms with van der Waals surface area (Å²) in [5, 5.41) is 0. The number of allylic oxidation sites excluding steroid dienone is 2. The molecule has 0 spiro atoms. The third kappa shape index (κ3) is 1.20. The van der Waals surface area contributed by atoms with Crippen LogP contribution in [0.3, 0.4) is 0 Å². The average Bonchev–Trinajstić information content (AvgIpc) is 2.55. The number of rotatable bonds is 0. The van der Waals surface area contributed by atoms with Crippen molar-refractivity contribution in [2.45, 2.75) is 47.0 Å².